The smallest absolute Gasteiger partial charge is 0.143 e. The van der Waals surface area contributed by atoms with Crippen molar-refractivity contribution < 1.29 is 37.3 Å². The first kappa shape index (κ1) is 17.3. The molecule has 0 atom stereocenters. The molecular formula is C56H36N2O. The van der Waals surface area contributed by atoms with Crippen molar-refractivity contribution in [1.29, 1.82) is 0 Å². The van der Waals surface area contributed by atoms with Crippen molar-refractivity contribution in [3.05, 3.63) is 218 Å². The molecule has 0 saturated heterocycles. The number of hydrogen-bond donors (Lipinski definition) is 0. The first-order valence-electron chi connectivity index (χ1n) is 30.2. The molecule has 59 heavy (non-hydrogen) atoms. The number of furan rings is 1. The minimum absolute atomic E-state index is 0.00437. The Morgan fingerprint density at radius 1 is 0.441 bits per heavy atom. The topological polar surface area (TPSA) is 21.3 Å². The molecule has 10 aromatic carbocycles. The molecule has 0 unspecified atom stereocenters. The second kappa shape index (κ2) is 13.4. The van der Waals surface area contributed by atoms with E-state index in [-0.39, 0.29) is 77.9 Å². The molecule has 0 radical (unpaired) electrons. The van der Waals surface area contributed by atoms with E-state index in [1.165, 1.54) is 29.2 Å². The largest absolute Gasteiger partial charge is 0.455 e. The van der Waals surface area contributed by atoms with Gasteiger partial charge in [-0.25, -0.2) is 0 Å². The molecular weight excluding hydrogens is 717 g/mol. The molecule has 2 aromatic heterocycles. The highest BCUT2D eigenvalue weighted by Gasteiger charge is 2.25. The standard InChI is InChI=1S/C56H36N2O/c1-3-15-37(16-4-1)39-29-32-43(33-30-39)57(44-34-31-38-17-7-8-18-40(38)35-44)51-27-14-28-52-55(51)54-45-22-10-9-19-41(45)36-48(56(54)59-52)46-24-13-26-50-53(46)47-23-11-12-25-49(47)58(50)42-20-5-2-6-21-42/h1-36H/i1D,2D,3D,4D,5D,6D,7D,8D,11D,12D,13D,15D,16D,17D,18D,20D,21D,23D,24D,25D,26D,29D,30D,31D. The maximum absolute atomic E-state index is 9.75. The molecule has 12 aromatic rings. The summed E-state index contributed by atoms with van der Waals surface area (Å²) in [5.41, 5.74) is -1.95. The summed E-state index contributed by atoms with van der Waals surface area (Å²) in [4.78, 5) is 1.49. The van der Waals surface area contributed by atoms with E-state index in [0.717, 1.165) is 4.57 Å². The Bertz CT molecular complexity index is 4910. The highest BCUT2D eigenvalue weighted by Crippen LogP contribution is 2.49. The average Bonchev–Trinajstić information content (AvgIpc) is 2.54. The van der Waals surface area contributed by atoms with Gasteiger partial charge in [0.1, 0.15) is 11.2 Å². The summed E-state index contributed by atoms with van der Waals surface area (Å²) in [6.45, 7) is 0. The van der Waals surface area contributed by atoms with Crippen molar-refractivity contribution in [2.45, 2.75) is 0 Å². The monoisotopic (exact) mass is 776 g/mol. The maximum Gasteiger partial charge on any atom is 0.143 e. The summed E-state index contributed by atoms with van der Waals surface area (Å²) >= 11 is 0. The Balaban J connectivity index is 1.25. The fourth-order valence-corrected chi connectivity index (χ4v) is 7.84. The van der Waals surface area contributed by atoms with Crippen LogP contribution in [0.4, 0.5) is 17.1 Å². The number of aromatic nitrogens is 1. The predicted octanol–water partition coefficient (Wildman–Crippen LogP) is 15.8. The fraction of sp³-hybridized carbons (Fsp3) is 0. The van der Waals surface area contributed by atoms with Crippen LogP contribution in [0.5, 0.6) is 0 Å². The number of benzene rings is 10. The molecule has 0 saturated carbocycles. The molecule has 3 nitrogen and oxygen atoms in total. The summed E-state index contributed by atoms with van der Waals surface area (Å²) in [6.07, 6.45) is 0. The van der Waals surface area contributed by atoms with Crippen LogP contribution in [0.3, 0.4) is 0 Å². The van der Waals surface area contributed by atoms with Crippen molar-refractivity contribution >= 4 is 82.4 Å². The van der Waals surface area contributed by atoms with Crippen LogP contribution in [-0.2, 0) is 0 Å². The first-order chi connectivity index (χ1) is 39.2. The molecule has 0 aliphatic heterocycles. The lowest BCUT2D eigenvalue weighted by atomic mass is 9.93. The Labute approximate surface area is 374 Å². The quantitative estimate of drug-likeness (QED) is 0.168. The van der Waals surface area contributed by atoms with Gasteiger partial charge in [-0.05, 0) is 105 Å². The van der Waals surface area contributed by atoms with E-state index >= 15 is 0 Å². The summed E-state index contributed by atoms with van der Waals surface area (Å²) in [5, 5.41) is 0.782. The van der Waals surface area contributed by atoms with Crippen molar-refractivity contribution in [3.8, 4) is 27.9 Å². The molecule has 0 spiro atoms. The zero-order chi connectivity index (χ0) is 59.8. The molecule has 12 rings (SSSR count). The van der Waals surface area contributed by atoms with E-state index in [0.29, 0.717) is 16.2 Å². The van der Waals surface area contributed by atoms with Gasteiger partial charge in [-0.2, -0.15) is 0 Å². The highest BCUT2D eigenvalue weighted by atomic mass is 16.3. The Kier molecular flexibility index (Phi) is 3.92. The third-order valence-corrected chi connectivity index (χ3v) is 10.3. The van der Waals surface area contributed by atoms with Gasteiger partial charge >= 0.3 is 0 Å². The molecule has 0 fully saturated rings. The minimum atomic E-state index is -0.801. The fourth-order valence-electron chi connectivity index (χ4n) is 7.84. The van der Waals surface area contributed by atoms with Gasteiger partial charge in [0.25, 0.3) is 0 Å². The lowest BCUT2D eigenvalue weighted by Crippen LogP contribution is -2.10. The summed E-state index contributed by atoms with van der Waals surface area (Å²) in [5.74, 6) is 0. The zero-order valence-electron chi connectivity index (χ0n) is 54.2. The van der Waals surface area contributed by atoms with E-state index in [1.807, 2.05) is 0 Å². The minimum Gasteiger partial charge on any atom is -0.455 e. The van der Waals surface area contributed by atoms with E-state index < -0.39 is 161 Å². The van der Waals surface area contributed by atoms with Crippen molar-refractivity contribution in [2.24, 2.45) is 0 Å². The van der Waals surface area contributed by atoms with Crippen LogP contribution in [0.25, 0.3) is 93.2 Å². The van der Waals surface area contributed by atoms with Crippen LogP contribution >= 0.6 is 0 Å². The Morgan fingerprint density at radius 3 is 2.02 bits per heavy atom. The highest BCUT2D eigenvalue weighted by molar-refractivity contribution is 6.28. The third kappa shape index (κ3) is 5.29. The van der Waals surface area contributed by atoms with Crippen LogP contribution in [0.15, 0.2) is 222 Å². The lowest BCUT2D eigenvalue weighted by Gasteiger charge is -2.27. The van der Waals surface area contributed by atoms with E-state index in [4.69, 9.17) is 26.3 Å². The van der Waals surface area contributed by atoms with Gasteiger partial charge in [0.2, 0.25) is 0 Å². The van der Waals surface area contributed by atoms with Crippen LogP contribution in [0.2, 0.25) is 0 Å². The van der Waals surface area contributed by atoms with Gasteiger partial charge in [0, 0.05) is 38.8 Å². The van der Waals surface area contributed by atoms with Gasteiger partial charge in [0.15, 0.2) is 0 Å². The number of nitrogens with zero attached hydrogens (tertiary/aromatic N) is 2. The van der Waals surface area contributed by atoms with Crippen molar-refractivity contribution in [3.63, 3.8) is 0 Å². The number of fused-ring (bicyclic) bond motifs is 9. The number of rotatable bonds is 6. The zero-order valence-corrected chi connectivity index (χ0v) is 30.2. The van der Waals surface area contributed by atoms with E-state index in [2.05, 4.69) is 0 Å². The molecule has 276 valence electrons. The van der Waals surface area contributed by atoms with Crippen molar-refractivity contribution in [1.82, 2.24) is 4.57 Å². The van der Waals surface area contributed by atoms with Gasteiger partial charge < -0.3 is 13.9 Å². The second-order valence-electron chi connectivity index (χ2n) is 13.5. The molecule has 0 N–H and O–H groups in total. The first-order valence-corrected chi connectivity index (χ1v) is 18.2. The Morgan fingerprint density at radius 2 is 1.15 bits per heavy atom. The van der Waals surface area contributed by atoms with Gasteiger partial charge in [-0.15, -0.1) is 0 Å². The van der Waals surface area contributed by atoms with Gasteiger partial charge in [-0.3, -0.25) is 0 Å². The average molecular weight is 777 g/mol. The van der Waals surface area contributed by atoms with Gasteiger partial charge in [-0.1, -0.05) is 151 Å². The summed E-state index contributed by atoms with van der Waals surface area (Å²) < 4.78 is 222. The predicted molar refractivity (Wildman–Crippen MR) is 249 cm³/mol. The number of anilines is 3. The van der Waals surface area contributed by atoms with E-state index in [9.17, 15) is 11.0 Å². The molecule has 0 amide bonds. The molecule has 2 heterocycles. The maximum atomic E-state index is 9.75. The van der Waals surface area contributed by atoms with E-state index in [1.54, 1.807) is 48.5 Å². The van der Waals surface area contributed by atoms with Crippen LogP contribution < -0.4 is 4.90 Å². The third-order valence-electron chi connectivity index (χ3n) is 10.3. The summed E-state index contributed by atoms with van der Waals surface area (Å²) in [6, 6.07) is 2.77. The number of hydrogen-bond acceptors (Lipinski definition) is 2. The normalized spacial score (nSPS) is 17.4. The summed E-state index contributed by atoms with van der Waals surface area (Å²) in [7, 11) is 0. The molecule has 3 heteroatoms. The SMILES string of the molecule is [2H]c1cc(N(c2cc([2H])c3c([2H])c([2H])c([2H])c([2H])c3c2)c2cccc3oc4c(-c5c([2H])c([2H])c([2H])c6c5c5c([2H])c([2H])c([2H])c([2H])c5n6-c5c([2H])c([2H])c([2H])c([2H])c5[2H])cc5ccccc5c4c23)cc([2H])c1-c1c([2H])c([2H])c([2H])c([2H])c1[2H]. The second-order valence-corrected chi connectivity index (χ2v) is 13.5. The van der Waals surface area contributed by atoms with Crippen molar-refractivity contribution in [2.75, 3.05) is 4.90 Å². The van der Waals surface area contributed by atoms with Crippen LogP contribution in [0, 0.1) is 0 Å². The van der Waals surface area contributed by atoms with Crippen LogP contribution in [-0.4, -0.2) is 4.57 Å². The lowest BCUT2D eigenvalue weighted by molar-refractivity contribution is 0.670. The molecule has 0 aliphatic carbocycles. The number of para-hydroxylation sites is 2. The Hall–Kier alpha value is -7.88. The van der Waals surface area contributed by atoms with Gasteiger partial charge in [0.05, 0.1) is 55.0 Å². The molecule has 0 bridgehead atoms. The van der Waals surface area contributed by atoms with Crippen LogP contribution in [0.1, 0.15) is 32.9 Å². The molecule has 0 aliphatic rings.